The van der Waals surface area contributed by atoms with Crippen molar-refractivity contribution in [2.45, 2.75) is 32.4 Å². The lowest BCUT2D eigenvalue weighted by molar-refractivity contribution is 0.0824. The summed E-state index contributed by atoms with van der Waals surface area (Å²) in [4.78, 5) is 0. The fraction of sp³-hybridized carbons (Fsp3) is 0.438. The summed E-state index contributed by atoms with van der Waals surface area (Å²) in [6.45, 7) is 6.69. The van der Waals surface area contributed by atoms with Crippen LogP contribution in [0.1, 0.15) is 20.8 Å². The van der Waals surface area contributed by atoms with E-state index in [0.717, 1.165) is 5.56 Å². The van der Waals surface area contributed by atoms with Crippen molar-refractivity contribution in [3.8, 4) is 17.2 Å². The molecular weight excluding hydrogens is 304 g/mol. The molecule has 0 aliphatic heterocycles. The number of β-amino-alcohol motifs (C(OH)–C–C–N with tert-alkyl or cyclic N) is 1. The second-order valence-electron chi connectivity index (χ2n) is 6.13. The predicted octanol–water partition coefficient (Wildman–Crippen LogP) is 3.12. The molecule has 0 spiro atoms. The summed E-state index contributed by atoms with van der Waals surface area (Å²) in [5, 5.41) is 17.7. The van der Waals surface area contributed by atoms with E-state index < -0.39 is 6.10 Å². The maximum absolute atomic E-state index is 9.86. The summed E-state index contributed by atoms with van der Waals surface area (Å²) >= 11 is 5.85. The number of rotatable bonds is 6. The number of benzene rings is 1. The molecule has 0 fully saturated rings. The first kappa shape index (κ1) is 16.8. The van der Waals surface area contributed by atoms with Gasteiger partial charge in [-0.05, 0) is 32.9 Å². The fourth-order valence-electron chi connectivity index (χ4n) is 1.74. The van der Waals surface area contributed by atoms with Crippen LogP contribution in [0.15, 0.2) is 34.9 Å². The Bertz CT molecular complexity index is 590. The number of aromatic nitrogens is 1. The molecule has 1 atom stereocenters. The van der Waals surface area contributed by atoms with Crippen molar-refractivity contribution in [1.82, 2.24) is 10.5 Å². The van der Waals surface area contributed by atoms with Gasteiger partial charge in [0.1, 0.15) is 18.4 Å². The van der Waals surface area contributed by atoms with Crippen LogP contribution < -0.4 is 10.1 Å². The summed E-state index contributed by atoms with van der Waals surface area (Å²) in [5.41, 5.74) is 1.50. The largest absolute Gasteiger partial charge is 0.461 e. The Kier molecular flexibility index (Phi) is 5.45. The van der Waals surface area contributed by atoms with Crippen molar-refractivity contribution < 1.29 is 14.4 Å². The molecule has 2 aromatic rings. The van der Waals surface area contributed by atoms with Crippen molar-refractivity contribution >= 4 is 11.6 Å². The van der Waals surface area contributed by atoms with E-state index in [1.807, 2.05) is 32.9 Å². The third-order valence-electron chi connectivity index (χ3n) is 2.91. The number of halogens is 1. The Morgan fingerprint density at radius 2 is 2.00 bits per heavy atom. The third kappa shape index (κ3) is 5.33. The molecule has 2 N–H and O–H groups in total. The Morgan fingerprint density at radius 1 is 1.32 bits per heavy atom. The summed E-state index contributed by atoms with van der Waals surface area (Å²) in [7, 11) is 0. The zero-order chi connectivity index (χ0) is 16.2. The van der Waals surface area contributed by atoms with Gasteiger partial charge in [-0.15, -0.1) is 0 Å². The molecule has 0 aliphatic carbocycles. The minimum absolute atomic E-state index is 0.0467. The fourth-order valence-corrected chi connectivity index (χ4v) is 1.87. The first-order valence-corrected chi connectivity index (χ1v) is 7.50. The number of nitrogens with one attached hydrogen (secondary N) is 1. The average Bonchev–Trinajstić information content (AvgIpc) is 2.92. The van der Waals surface area contributed by atoms with Crippen LogP contribution in [-0.2, 0) is 0 Å². The van der Waals surface area contributed by atoms with E-state index in [4.69, 9.17) is 20.9 Å². The van der Waals surface area contributed by atoms with Gasteiger partial charge < -0.3 is 19.7 Å². The van der Waals surface area contributed by atoms with Gasteiger partial charge in [-0.25, -0.2) is 0 Å². The lowest BCUT2D eigenvalue weighted by atomic mass is 10.1. The molecule has 0 amide bonds. The molecule has 1 aromatic carbocycles. The van der Waals surface area contributed by atoms with E-state index >= 15 is 0 Å². The number of hydrogen-bond donors (Lipinski definition) is 2. The monoisotopic (exact) mass is 324 g/mol. The van der Waals surface area contributed by atoms with Crippen molar-refractivity contribution in [3.05, 3.63) is 35.4 Å². The predicted molar refractivity (Wildman–Crippen MR) is 86.2 cm³/mol. The van der Waals surface area contributed by atoms with Crippen LogP contribution in [0.4, 0.5) is 0 Å². The highest BCUT2D eigenvalue weighted by Gasteiger charge is 2.14. The number of aliphatic hydroxyl groups excluding tert-OH is 1. The lowest BCUT2D eigenvalue weighted by Gasteiger charge is -2.22. The molecule has 0 aliphatic rings. The van der Waals surface area contributed by atoms with Crippen LogP contribution in [0.25, 0.3) is 11.3 Å². The normalized spacial score (nSPS) is 13.1. The smallest absolute Gasteiger partial charge is 0.311 e. The highest BCUT2D eigenvalue weighted by atomic mass is 35.5. The van der Waals surface area contributed by atoms with E-state index in [0.29, 0.717) is 17.3 Å². The molecule has 0 saturated heterocycles. The van der Waals surface area contributed by atoms with Crippen molar-refractivity contribution in [2.24, 2.45) is 0 Å². The summed E-state index contributed by atoms with van der Waals surface area (Å²) in [6.07, 6.45) is -0.622. The first-order valence-electron chi connectivity index (χ1n) is 7.12. The Labute approximate surface area is 135 Å². The van der Waals surface area contributed by atoms with Crippen LogP contribution in [0.2, 0.25) is 5.02 Å². The molecule has 0 saturated carbocycles. The topological polar surface area (TPSA) is 67.5 Å². The van der Waals surface area contributed by atoms with E-state index in [1.165, 1.54) is 0 Å². The lowest BCUT2D eigenvalue weighted by Crippen LogP contribution is -2.42. The molecule has 120 valence electrons. The molecule has 5 nitrogen and oxygen atoms in total. The van der Waals surface area contributed by atoms with Crippen LogP contribution in [-0.4, -0.2) is 35.1 Å². The van der Waals surface area contributed by atoms with Crippen molar-refractivity contribution in [3.63, 3.8) is 0 Å². The molecule has 2 rings (SSSR count). The number of nitrogens with zero attached hydrogens (tertiary/aromatic N) is 1. The highest BCUT2D eigenvalue weighted by Crippen LogP contribution is 2.24. The highest BCUT2D eigenvalue weighted by molar-refractivity contribution is 6.30. The molecule has 6 heteroatoms. The maximum atomic E-state index is 9.86. The van der Waals surface area contributed by atoms with E-state index in [-0.39, 0.29) is 18.1 Å². The van der Waals surface area contributed by atoms with Gasteiger partial charge in [-0.3, -0.25) is 0 Å². The third-order valence-corrected chi connectivity index (χ3v) is 3.17. The van der Waals surface area contributed by atoms with E-state index in [1.54, 1.807) is 18.2 Å². The van der Waals surface area contributed by atoms with Crippen molar-refractivity contribution in [2.75, 3.05) is 13.2 Å². The van der Waals surface area contributed by atoms with Crippen LogP contribution >= 0.6 is 11.6 Å². The summed E-state index contributed by atoms with van der Waals surface area (Å²) in [6, 6.07) is 8.97. The molecular formula is C16H21ClN2O3. The van der Waals surface area contributed by atoms with Gasteiger partial charge >= 0.3 is 5.95 Å². The van der Waals surface area contributed by atoms with E-state index in [2.05, 4.69) is 10.5 Å². The minimum Gasteiger partial charge on any atom is -0.461 e. The second kappa shape index (κ2) is 7.13. The van der Waals surface area contributed by atoms with Gasteiger partial charge in [-0.1, -0.05) is 28.9 Å². The van der Waals surface area contributed by atoms with E-state index in [9.17, 15) is 5.11 Å². The minimum atomic E-state index is -0.622. The summed E-state index contributed by atoms with van der Waals surface area (Å²) < 4.78 is 10.5. The number of ether oxygens (including phenoxy) is 1. The van der Waals surface area contributed by atoms with Gasteiger partial charge in [0.2, 0.25) is 0 Å². The standard InChI is InChI=1S/C16H21ClN2O3/c1-16(2,3)18-9-13(20)10-21-15-8-14(19-22-15)11-4-6-12(17)7-5-11/h4-8,13,18,20H,9-10H2,1-3H3. The number of hydrogen-bond acceptors (Lipinski definition) is 5. The zero-order valence-electron chi connectivity index (χ0n) is 13.0. The van der Waals surface area contributed by atoms with Crippen molar-refractivity contribution in [1.29, 1.82) is 0 Å². The summed E-state index contributed by atoms with van der Waals surface area (Å²) in [5.74, 6) is 0.278. The van der Waals surface area contributed by atoms with Gasteiger partial charge in [-0.2, -0.15) is 0 Å². The molecule has 1 aromatic heterocycles. The molecule has 1 unspecified atom stereocenters. The zero-order valence-corrected chi connectivity index (χ0v) is 13.7. The molecule has 0 bridgehead atoms. The molecule has 0 radical (unpaired) electrons. The van der Waals surface area contributed by atoms with Gasteiger partial charge in [0, 0.05) is 22.7 Å². The van der Waals surface area contributed by atoms with Gasteiger partial charge in [0.05, 0.1) is 6.07 Å². The van der Waals surface area contributed by atoms with Gasteiger partial charge in [0.15, 0.2) is 0 Å². The number of aliphatic hydroxyl groups is 1. The Balaban J connectivity index is 1.86. The quantitative estimate of drug-likeness (QED) is 0.854. The van der Waals surface area contributed by atoms with Gasteiger partial charge in [0.25, 0.3) is 0 Å². The molecule has 22 heavy (non-hydrogen) atoms. The Hall–Kier alpha value is -1.56. The van der Waals surface area contributed by atoms with Crippen LogP contribution in [0, 0.1) is 0 Å². The SMILES string of the molecule is CC(C)(C)NCC(O)COc1cc(-c2ccc(Cl)cc2)no1. The molecule has 1 heterocycles. The van der Waals surface area contributed by atoms with Crippen LogP contribution in [0.5, 0.6) is 5.95 Å². The first-order chi connectivity index (χ1) is 10.3. The average molecular weight is 325 g/mol. The van der Waals surface area contributed by atoms with Crippen LogP contribution in [0.3, 0.4) is 0 Å². The Morgan fingerprint density at radius 3 is 2.64 bits per heavy atom. The second-order valence-corrected chi connectivity index (χ2v) is 6.57. The maximum Gasteiger partial charge on any atom is 0.311 e.